The maximum atomic E-state index is 5.30. The van der Waals surface area contributed by atoms with E-state index in [4.69, 9.17) is 12.2 Å². The Hall–Kier alpha value is -1.88. The van der Waals surface area contributed by atoms with Gasteiger partial charge in [-0.1, -0.05) is 12.1 Å². The van der Waals surface area contributed by atoms with Gasteiger partial charge in [0, 0.05) is 19.3 Å². The van der Waals surface area contributed by atoms with Gasteiger partial charge in [-0.2, -0.15) is 5.10 Å². The topological polar surface area (TPSA) is 38.5 Å². The molecule has 1 N–H and O–H groups in total. The molecule has 80 valence electrons. The predicted octanol–water partition coefficient (Wildman–Crippen LogP) is 2.42. The van der Waals surface area contributed by atoms with E-state index in [2.05, 4.69) is 10.1 Å². The zero-order valence-electron chi connectivity index (χ0n) is 8.71. The van der Waals surface area contributed by atoms with Crippen LogP contribution in [-0.4, -0.2) is 19.3 Å². The number of hydrogen-bond donors (Lipinski definition) is 1. The molecule has 3 rings (SSSR count). The number of nitrogens with zero attached hydrogens (tertiary/aromatic N) is 3. The molecule has 0 aliphatic carbocycles. The van der Waals surface area contributed by atoms with Crippen molar-refractivity contribution in [2.45, 2.75) is 0 Å². The van der Waals surface area contributed by atoms with Crippen LogP contribution in [0.25, 0.3) is 16.9 Å². The zero-order chi connectivity index (χ0) is 11.1. The van der Waals surface area contributed by atoms with Gasteiger partial charge < -0.3 is 4.98 Å². The normalized spacial score (nSPS) is 11.1. The number of H-pyrrole nitrogens is 1. The Morgan fingerprint density at radius 3 is 2.81 bits per heavy atom. The molecule has 0 saturated carbocycles. The SMILES string of the molecule is Cn1ccc(-n2c(=S)[nH]c3ccccc32)n1. The Balaban J connectivity index is 2.39. The summed E-state index contributed by atoms with van der Waals surface area (Å²) in [6.07, 6.45) is 1.90. The largest absolute Gasteiger partial charge is 0.330 e. The molecule has 0 unspecified atom stereocenters. The smallest absolute Gasteiger partial charge is 0.184 e. The van der Waals surface area contributed by atoms with Gasteiger partial charge >= 0.3 is 0 Å². The van der Waals surface area contributed by atoms with Crippen molar-refractivity contribution >= 4 is 23.3 Å². The Labute approximate surface area is 97.1 Å². The summed E-state index contributed by atoms with van der Waals surface area (Å²) < 4.78 is 4.36. The van der Waals surface area contributed by atoms with E-state index >= 15 is 0 Å². The molecule has 0 aliphatic rings. The molecule has 0 atom stereocenters. The van der Waals surface area contributed by atoms with Crippen LogP contribution in [0.5, 0.6) is 0 Å². The van der Waals surface area contributed by atoms with Crippen LogP contribution in [0.3, 0.4) is 0 Å². The average molecular weight is 230 g/mol. The van der Waals surface area contributed by atoms with Crippen molar-refractivity contribution in [1.29, 1.82) is 0 Å². The number of para-hydroxylation sites is 2. The van der Waals surface area contributed by atoms with E-state index in [9.17, 15) is 0 Å². The van der Waals surface area contributed by atoms with Gasteiger partial charge in [0.1, 0.15) is 0 Å². The fraction of sp³-hybridized carbons (Fsp3) is 0.0909. The molecule has 2 aromatic heterocycles. The third-order valence-corrected chi connectivity index (χ3v) is 2.80. The van der Waals surface area contributed by atoms with Gasteiger partial charge in [-0.3, -0.25) is 9.25 Å². The van der Waals surface area contributed by atoms with E-state index < -0.39 is 0 Å². The fourth-order valence-electron chi connectivity index (χ4n) is 1.80. The predicted molar refractivity (Wildman–Crippen MR) is 65.2 cm³/mol. The molecule has 3 aromatic rings. The molecule has 16 heavy (non-hydrogen) atoms. The van der Waals surface area contributed by atoms with Crippen LogP contribution in [0.2, 0.25) is 0 Å². The highest BCUT2D eigenvalue weighted by molar-refractivity contribution is 7.71. The van der Waals surface area contributed by atoms with E-state index in [1.165, 1.54) is 0 Å². The maximum absolute atomic E-state index is 5.30. The lowest BCUT2D eigenvalue weighted by molar-refractivity contribution is 0.752. The second-order valence-corrected chi connectivity index (χ2v) is 4.02. The summed E-state index contributed by atoms with van der Waals surface area (Å²) in [5.41, 5.74) is 2.07. The summed E-state index contributed by atoms with van der Waals surface area (Å²) in [6.45, 7) is 0. The summed E-state index contributed by atoms with van der Waals surface area (Å²) >= 11 is 5.30. The highest BCUT2D eigenvalue weighted by atomic mass is 32.1. The first-order chi connectivity index (χ1) is 7.75. The van der Waals surface area contributed by atoms with E-state index in [1.807, 2.05) is 48.1 Å². The summed E-state index contributed by atoms with van der Waals surface area (Å²) in [5.74, 6) is 0.838. The zero-order valence-corrected chi connectivity index (χ0v) is 9.53. The first-order valence-electron chi connectivity index (χ1n) is 4.95. The van der Waals surface area contributed by atoms with Crippen LogP contribution in [-0.2, 0) is 7.05 Å². The van der Waals surface area contributed by atoms with Crippen LogP contribution in [0.1, 0.15) is 0 Å². The molecule has 4 nitrogen and oxygen atoms in total. The van der Waals surface area contributed by atoms with Gasteiger partial charge in [-0.25, -0.2) is 0 Å². The molecule has 0 aliphatic heterocycles. The van der Waals surface area contributed by atoms with Gasteiger partial charge in [-0.05, 0) is 24.4 Å². The molecule has 5 heteroatoms. The highest BCUT2D eigenvalue weighted by Crippen LogP contribution is 2.17. The van der Waals surface area contributed by atoms with Crippen molar-refractivity contribution in [2.75, 3.05) is 0 Å². The molecular formula is C11H10N4S. The fourth-order valence-corrected chi connectivity index (χ4v) is 2.11. The quantitative estimate of drug-likeness (QED) is 0.652. The number of hydrogen-bond acceptors (Lipinski definition) is 2. The Morgan fingerprint density at radius 1 is 1.25 bits per heavy atom. The summed E-state index contributed by atoms with van der Waals surface area (Å²) in [5, 5.41) is 4.36. The van der Waals surface area contributed by atoms with Gasteiger partial charge in [0.2, 0.25) is 0 Å². The minimum atomic E-state index is 0.667. The molecule has 0 saturated heterocycles. The summed E-state index contributed by atoms with van der Waals surface area (Å²) in [4.78, 5) is 3.16. The van der Waals surface area contributed by atoms with Crippen molar-refractivity contribution in [3.63, 3.8) is 0 Å². The number of benzene rings is 1. The van der Waals surface area contributed by atoms with Crippen LogP contribution in [0.15, 0.2) is 36.5 Å². The number of aryl methyl sites for hydroxylation is 1. The number of nitrogens with one attached hydrogen (secondary N) is 1. The van der Waals surface area contributed by atoms with E-state index in [-0.39, 0.29) is 0 Å². The van der Waals surface area contributed by atoms with Gasteiger partial charge in [0.15, 0.2) is 10.6 Å². The van der Waals surface area contributed by atoms with Crippen LogP contribution in [0, 0.1) is 4.77 Å². The molecule has 1 aromatic carbocycles. The summed E-state index contributed by atoms with van der Waals surface area (Å²) in [7, 11) is 1.89. The number of fused-ring (bicyclic) bond motifs is 1. The van der Waals surface area contributed by atoms with Crippen LogP contribution in [0.4, 0.5) is 0 Å². The van der Waals surface area contributed by atoms with E-state index in [0.29, 0.717) is 4.77 Å². The highest BCUT2D eigenvalue weighted by Gasteiger charge is 2.07. The number of aromatic nitrogens is 4. The molecule has 0 radical (unpaired) electrons. The monoisotopic (exact) mass is 230 g/mol. The Kier molecular flexibility index (Phi) is 1.94. The van der Waals surface area contributed by atoms with Crippen molar-refractivity contribution in [3.8, 4) is 5.82 Å². The lowest BCUT2D eigenvalue weighted by Crippen LogP contribution is -1.96. The third-order valence-electron chi connectivity index (χ3n) is 2.52. The van der Waals surface area contributed by atoms with Crippen molar-refractivity contribution in [2.24, 2.45) is 7.05 Å². The minimum Gasteiger partial charge on any atom is -0.330 e. The van der Waals surface area contributed by atoms with Gasteiger partial charge in [-0.15, -0.1) is 0 Å². The molecule has 2 heterocycles. The minimum absolute atomic E-state index is 0.667. The van der Waals surface area contributed by atoms with E-state index in [0.717, 1.165) is 16.9 Å². The van der Waals surface area contributed by atoms with Crippen LogP contribution >= 0.6 is 12.2 Å². The van der Waals surface area contributed by atoms with Gasteiger partial charge in [0.05, 0.1) is 11.0 Å². The molecule has 0 fully saturated rings. The van der Waals surface area contributed by atoms with Crippen molar-refractivity contribution in [1.82, 2.24) is 19.3 Å². The number of aromatic amines is 1. The first-order valence-corrected chi connectivity index (χ1v) is 5.36. The molecule has 0 amide bonds. The lowest BCUT2D eigenvalue weighted by atomic mass is 10.3. The van der Waals surface area contributed by atoms with E-state index in [1.54, 1.807) is 4.68 Å². The lowest BCUT2D eigenvalue weighted by Gasteiger charge is -1.98. The summed E-state index contributed by atoms with van der Waals surface area (Å²) in [6, 6.07) is 9.94. The standard InChI is InChI=1S/C11H10N4S/c1-14-7-6-10(13-14)15-9-5-3-2-4-8(9)12-11(15)16/h2-7H,1H3,(H,12,16). The Morgan fingerprint density at radius 2 is 2.06 bits per heavy atom. The number of imidazole rings is 1. The van der Waals surface area contributed by atoms with Gasteiger partial charge in [0.25, 0.3) is 0 Å². The molecule has 0 spiro atoms. The molecular weight excluding hydrogens is 220 g/mol. The van der Waals surface area contributed by atoms with Crippen molar-refractivity contribution < 1.29 is 0 Å². The average Bonchev–Trinajstić information content (AvgIpc) is 2.80. The first kappa shape index (κ1) is 9.35. The third kappa shape index (κ3) is 1.29. The van der Waals surface area contributed by atoms with Crippen LogP contribution < -0.4 is 0 Å². The number of rotatable bonds is 1. The Bertz CT molecular complexity index is 704. The second kappa shape index (κ2) is 3.31. The van der Waals surface area contributed by atoms with Crippen molar-refractivity contribution in [3.05, 3.63) is 41.3 Å². The maximum Gasteiger partial charge on any atom is 0.184 e. The molecule has 0 bridgehead atoms. The second-order valence-electron chi connectivity index (χ2n) is 3.63.